The predicted molar refractivity (Wildman–Crippen MR) is 59.0 cm³/mol. The quantitative estimate of drug-likeness (QED) is 0.730. The van der Waals surface area contributed by atoms with Crippen LogP contribution in [0, 0.1) is 0 Å². The van der Waals surface area contributed by atoms with Gasteiger partial charge < -0.3 is 5.32 Å². The lowest BCUT2D eigenvalue weighted by molar-refractivity contribution is 0.586. The number of nitrogens with zero attached hydrogens (tertiary/aromatic N) is 1. The van der Waals surface area contributed by atoms with E-state index in [1.165, 1.54) is 0 Å². The van der Waals surface area contributed by atoms with Crippen molar-refractivity contribution in [3.63, 3.8) is 0 Å². The summed E-state index contributed by atoms with van der Waals surface area (Å²) in [6, 6.07) is 6.37. The van der Waals surface area contributed by atoms with Gasteiger partial charge in [0.1, 0.15) is 0 Å². The second-order valence-corrected chi connectivity index (χ2v) is 3.91. The van der Waals surface area contributed by atoms with Gasteiger partial charge in [-0.3, -0.25) is 4.98 Å². The summed E-state index contributed by atoms with van der Waals surface area (Å²) in [6.45, 7) is 3.18. The Bertz CT molecular complexity index is 226. The summed E-state index contributed by atoms with van der Waals surface area (Å²) in [5.74, 6) is 1.15. The first-order valence-electron chi connectivity index (χ1n) is 4.48. The molecule has 72 valence electrons. The van der Waals surface area contributed by atoms with Crippen LogP contribution in [0.1, 0.15) is 18.7 Å². The Labute approximate surface area is 84.1 Å². The molecular formula is C10H16N2S. The molecule has 1 atom stereocenters. The van der Waals surface area contributed by atoms with E-state index in [9.17, 15) is 0 Å². The Hall–Kier alpha value is -0.540. The standard InChI is InChI=1S/C10H16N2S/c1-9(11-7-8-13-2)10-5-3-4-6-12-10/h3-6,9,11H,7-8H2,1-2H3/t9-/m0/s1. The van der Waals surface area contributed by atoms with Gasteiger partial charge in [0.05, 0.1) is 5.69 Å². The summed E-state index contributed by atoms with van der Waals surface area (Å²) >= 11 is 1.86. The van der Waals surface area contributed by atoms with Crippen LogP contribution in [0.15, 0.2) is 24.4 Å². The number of hydrogen-bond donors (Lipinski definition) is 1. The highest BCUT2D eigenvalue weighted by Crippen LogP contribution is 2.07. The van der Waals surface area contributed by atoms with Crippen LogP contribution < -0.4 is 5.32 Å². The number of nitrogens with one attached hydrogen (secondary N) is 1. The van der Waals surface area contributed by atoms with Gasteiger partial charge in [0.15, 0.2) is 0 Å². The molecule has 0 radical (unpaired) electrons. The van der Waals surface area contributed by atoms with Crippen molar-refractivity contribution in [1.29, 1.82) is 0 Å². The zero-order chi connectivity index (χ0) is 9.52. The van der Waals surface area contributed by atoms with E-state index in [4.69, 9.17) is 0 Å². The summed E-state index contributed by atoms with van der Waals surface area (Å²) in [5, 5.41) is 3.42. The molecule has 0 unspecified atom stereocenters. The number of thioether (sulfide) groups is 1. The first-order valence-corrected chi connectivity index (χ1v) is 5.87. The average molecular weight is 196 g/mol. The molecular weight excluding hydrogens is 180 g/mol. The van der Waals surface area contributed by atoms with Crippen molar-refractivity contribution in [3.8, 4) is 0 Å². The van der Waals surface area contributed by atoms with Crippen LogP contribution in [-0.4, -0.2) is 23.5 Å². The molecule has 13 heavy (non-hydrogen) atoms. The van der Waals surface area contributed by atoms with Crippen molar-refractivity contribution >= 4 is 11.8 Å². The van der Waals surface area contributed by atoms with Gasteiger partial charge in [-0.25, -0.2) is 0 Å². The average Bonchev–Trinajstić information content (AvgIpc) is 2.19. The van der Waals surface area contributed by atoms with Crippen molar-refractivity contribution in [2.75, 3.05) is 18.6 Å². The molecule has 1 aromatic heterocycles. The maximum Gasteiger partial charge on any atom is 0.0570 e. The van der Waals surface area contributed by atoms with E-state index in [0.29, 0.717) is 6.04 Å². The van der Waals surface area contributed by atoms with Crippen LogP contribution in [0.3, 0.4) is 0 Å². The zero-order valence-corrected chi connectivity index (χ0v) is 8.97. The smallest absolute Gasteiger partial charge is 0.0570 e. The molecule has 0 bridgehead atoms. The van der Waals surface area contributed by atoms with E-state index in [1.807, 2.05) is 30.1 Å². The molecule has 1 aromatic rings. The molecule has 0 aliphatic carbocycles. The molecule has 0 aliphatic heterocycles. The lowest BCUT2D eigenvalue weighted by atomic mass is 10.2. The maximum absolute atomic E-state index is 4.29. The number of rotatable bonds is 5. The molecule has 0 saturated heterocycles. The van der Waals surface area contributed by atoms with Crippen LogP contribution >= 0.6 is 11.8 Å². The van der Waals surface area contributed by atoms with Crippen molar-refractivity contribution in [2.24, 2.45) is 0 Å². The second kappa shape index (κ2) is 6.00. The normalized spacial score (nSPS) is 12.8. The molecule has 0 amide bonds. The minimum absolute atomic E-state index is 0.355. The molecule has 0 spiro atoms. The molecule has 0 saturated carbocycles. The van der Waals surface area contributed by atoms with Gasteiger partial charge in [-0.05, 0) is 25.3 Å². The molecule has 1 N–H and O–H groups in total. The summed E-state index contributed by atoms with van der Waals surface area (Å²) < 4.78 is 0. The molecule has 1 rings (SSSR count). The van der Waals surface area contributed by atoms with Gasteiger partial charge in [0.25, 0.3) is 0 Å². The van der Waals surface area contributed by atoms with Crippen LogP contribution in [-0.2, 0) is 0 Å². The van der Waals surface area contributed by atoms with Crippen LogP contribution in [0.2, 0.25) is 0 Å². The SMILES string of the molecule is CSCCN[C@@H](C)c1ccccn1. The third-order valence-corrected chi connectivity index (χ3v) is 2.50. The van der Waals surface area contributed by atoms with Crippen molar-refractivity contribution in [2.45, 2.75) is 13.0 Å². The third kappa shape index (κ3) is 3.79. The van der Waals surface area contributed by atoms with E-state index >= 15 is 0 Å². The van der Waals surface area contributed by atoms with E-state index in [0.717, 1.165) is 18.0 Å². The van der Waals surface area contributed by atoms with Gasteiger partial charge in [0, 0.05) is 24.5 Å². The maximum atomic E-state index is 4.29. The minimum Gasteiger partial charge on any atom is -0.308 e. The third-order valence-electron chi connectivity index (χ3n) is 1.89. The fourth-order valence-electron chi connectivity index (χ4n) is 1.11. The first kappa shape index (κ1) is 10.5. The summed E-state index contributed by atoms with van der Waals surface area (Å²) in [5.41, 5.74) is 1.11. The Morgan fingerprint density at radius 1 is 1.54 bits per heavy atom. The van der Waals surface area contributed by atoms with Crippen LogP contribution in [0.25, 0.3) is 0 Å². The fraction of sp³-hybridized carbons (Fsp3) is 0.500. The molecule has 1 heterocycles. The highest BCUT2D eigenvalue weighted by Gasteiger charge is 2.03. The Kier molecular flexibility index (Phi) is 4.86. The van der Waals surface area contributed by atoms with Crippen molar-refractivity contribution in [3.05, 3.63) is 30.1 Å². The summed E-state index contributed by atoms with van der Waals surface area (Å²) in [6.07, 6.45) is 3.95. The molecule has 0 aromatic carbocycles. The molecule has 3 heteroatoms. The van der Waals surface area contributed by atoms with Crippen LogP contribution in [0.5, 0.6) is 0 Å². The highest BCUT2D eigenvalue weighted by atomic mass is 32.2. The van der Waals surface area contributed by atoms with E-state index in [2.05, 4.69) is 29.5 Å². The van der Waals surface area contributed by atoms with Crippen LogP contribution in [0.4, 0.5) is 0 Å². The second-order valence-electron chi connectivity index (χ2n) is 2.92. The predicted octanol–water partition coefficient (Wildman–Crippen LogP) is 2.10. The fourth-order valence-corrected chi connectivity index (χ4v) is 1.44. The summed E-state index contributed by atoms with van der Waals surface area (Å²) in [4.78, 5) is 4.29. The Morgan fingerprint density at radius 2 is 2.38 bits per heavy atom. The number of hydrogen-bond acceptors (Lipinski definition) is 3. The van der Waals surface area contributed by atoms with E-state index in [1.54, 1.807) is 0 Å². The minimum atomic E-state index is 0.355. The lowest BCUT2D eigenvalue weighted by Crippen LogP contribution is -2.21. The van der Waals surface area contributed by atoms with Gasteiger partial charge >= 0.3 is 0 Å². The first-order chi connectivity index (χ1) is 6.34. The van der Waals surface area contributed by atoms with Crippen molar-refractivity contribution in [1.82, 2.24) is 10.3 Å². The molecule has 0 aliphatic rings. The molecule has 2 nitrogen and oxygen atoms in total. The largest absolute Gasteiger partial charge is 0.308 e. The Morgan fingerprint density at radius 3 is 3.00 bits per heavy atom. The molecule has 0 fully saturated rings. The number of pyridine rings is 1. The Balaban J connectivity index is 2.35. The van der Waals surface area contributed by atoms with Gasteiger partial charge in [-0.15, -0.1) is 0 Å². The van der Waals surface area contributed by atoms with Gasteiger partial charge in [-0.2, -0.15) is 11.8 Å². The zero-order valence-electron chi connectivity index (χ0n) is 8.16. The van der Waals surface area contributed by atoms with E-state index in [-0.39, 0.29) is 0 Å². The van der Waals surface area contributed by atoms with Gasteiger partial charge in [-0.1, -0.05) is 6.07 Å². The van der Waals surface area contributed by atoms with E-state index < -0.39 is 0 Å². The highest BCUT2D eigenvalue weighted by molar-refractivity contribution is 7.98. The van der Waals surface area contributed by atoms with Gasteiger partial charge in [0.2, 0.25) is 0 Å². The lowest BCUT2D eigenvalue weighted by Gasteiger charge is -2.11. The van der Waals surface area contributed by atoms with Crippen molar-refractivity contribution < 1.29 is 0 Å². The monoisotopic (exact) mass is 196 g/mol. The number of aromatic nitrogens is 1. The topological polar surface area (TPSA) is 24.9 Å². The summed E-state index contributed by atoms with van der Waals surface area (Å²) in [7, 11) is 0.